The first kappa shape index (κ1) is 18.5. The van der Waals surface area contributed by atoms with Crippen molar-refractivity contribution in [1.82, 2.24) is 9.88 Å². The van der Waals surface area contributed by atoms with E-state index in [-0.39, 0.29) is 10.7 Å². The highest BCUT2D eigenvalue weighted by atomic mass is 35.5. The second-order valence-corrected chi connectivity index (χ2v) is 7.74. The van der Waals surface area contributed by atoms with Gasteiger partial charge in [0.05, 0.1) is 10.2 Å². The standard InChI is InChI=1S/C19H12ClN3O3S2/c1-23-13-7-6-11(20)9-15(13)28-19(23)22-18(27)21-16(24)12-8-10-4-2-3-5-14(10)26-17(12)25/h2-9H,1H3,(H,21,24,27). The molecule has 4 aromatic rings. The number of carbonyl (C=O) groups is 1. The van der Waals surface area contributed by atoms with Gasteiger partial charge in [0.2, 0.25) is 5.11 Å². The van der Waals surface area contributed by atoms with Crippen LogP contribution in [0.1, 0.15) is 10.4 Å². The minimum Gasteiger partial charge on any atom is -0.422 e. The van der Waals surface area contributed by atoms with Crippen LogP contribution in [0.15, 0.2) is 62.7 Å². The molecule has 4 rings (SSSR count). The second kappa shape index (κ2) is 7.31. The number of halogens is 1. The van der Waals surface area contributed by atoms with Gasteiger partial charge < -0.3 is 8.98 Å². The Balaban J connectivity index is 1.65. The predicted octanol–water partition coefficient (Wildman–Crippen LogP) is 3.62. The van der Waals surface area contributed by atoms with Crippen LogP contribution in [0, 0.1) is 0 Å². The summed E-state index contributed by atoms with van der Waals surface area (Å²) in [7, 11) is 1.84. The van der Waals surface area contributed by atoms with Crippen LogP contribution in [0.5, 0.6) is 0 Å². The molecule has 0 spiro atoms. The molecule has 0 bridgehead atoms. The smallest absolute Gasteiger partial charge is 0.349 e. The Labute approximate surface area is 172 Å². The number of rotatable bonds is 1. The average Bonchev–Trinajstić information content (AvgIpc) is 2.95. The molecule has 0 saturated carbocycles. The van der Waals surface area contributed by atoms with Gasteiger partial charge in [-0.15, -0.1) is 0 Å². The number of thiocarbonyl (C=S) groups is 1. The van der Waals surface area contributed by atoms with E-state index >= 15 is 0 Å². The summed E-state index contributed by atoms with van der Waals surface area (Å²) < 4.78 is 7.97. The molecule has 0 aliphatic rings. The molecule has 28 heavy (non-hydrogen) atoms. The van der Waals surface area contributed by atoms with E-state index in [1.54, 1.807) is 30.3 Å². The average molecular weight is 430 g/mol. The van der Waals surface area contributed by atoms with Gasteiger partial charge in [-0.2, -0.15) is 4.99 Å². The van der Waals surface area contributed by atoms with Gasteiger partial charge >= 0.3 is 5.63 Å². The fourth-order valence-electron chi connectivity index (χ4n) is 2.71. The van der Waals surface area contributed by atoms with E-state index in [0.29, 0.717) is 20.8 Å². The summed E-state index contributed by atoms with van der Waals surface area (Å²) in [5, 5.41) is 3.68. The van der Waals surface area contributed by atoms with Gasteiger partial charge in [0.25, 0.3) is 5.91 Å². The highest BCUT2D eigenvalue weighted by molar-refractivity contribution is 7.80. The summed E-state index contributed by atoms with van der Waals surface area (Å²) in [5.74, 6) is -0.667. The third kappa shape index (κ3) is 3.49. The lowest BCUT2D eigenvalue weighted by Gasteiger charge is -2.03. The fourth-order valence-corrected chi connectivity index (χ4v) is 4.25. The number of fused-ring (bicyclic) bond motifs is 2. The first-order valence-corrected chi connectivity index (χ1v) is 9.70. The van der Waals surface area contributed by atoms with E-state index in [9.17, 15) is 9.59 Å². The summed E-state index contributed by atoms with van der Waals surface area (Å²) in [6.07, 6.45) is 0. The number of thiazole rings is 1. The number of benzene rings is 2. The topological polar surface area (TPSA) is 76.6 Å². The SMILES string of the molecule is Cn1c(=NC(=S)NC(=O)c2cc3ccccc3oc2=O)sc2cc(Cl)ccc21. The van der Waals surface area contributed by atoms with Crippen molar-refractivity contribution in [3.8, 4) is 0 Å². The van der Waals surface area contributed by atoms with E-state index in [0.717, 1.165) is 10.2 Å². The van der Waals surface area contributed by atoms with Crippen molar-refractivity contribution in [3.05, 3.63) is 74.3 Å². The predicted molar refractivity (Wildman–Crippen MR) is 114 cm³/mol. The van der Waals surface area contributed by atoms with Crippen molar-refractivity contribution in [1.29, 1.82) is 0 Å². The van der Waals surface area contributed by atoms with Gasteiger partial charge in [-0.1, -0.05) is 41.1 Å². The van der Waals surface area contributed by atoms with Gasteiger partial charge in [0.15, 0.2) is 4.80 Å². The molecule has 0 radical (unpaired) electrons. The number of hydrogen-bond donors (Lipinski definition) is 1. The molecule has 2 aromatic carbocycles. The van der Waals surface area contributed by atoms with Crippen molar-refractivity contribution in [2.45, 2.75) is 0 Å². The lowest BCUT2D eigenvalue weighted by atomic mass is 10.2. The normalized spacial score (nSPS) is 11.9. The van der Waals surface area contributed by atoms with Crippen molar-refractivity contribution >= 4 is 67.4 Å². The minimum absolute atomic E-state index is 0.0502. The summed E-state index contributed by atoms with van der Waals surface area (Å²) in [6, 6.07) is 13.9. The molecule has 1 amide bonds. The third-order valence-corrected chi connectivity index (χ3v) is 5.60. The molecular weight excluding hydrogens is 418 g/mol. The number of nitrogens with zero attached hydrogens (tertiary/aromatic N) is 2. The number of hydrogen-bond acceptors (Lipinski definition) is 5. The molecule has 2 heterocycles. The molecule has 0 fully saturated rings. The maximum absolute atomic E-state index is 12.5. The van der Waals surface area contributed by atoms with E-state index in [2.05, 4.69) is 10.3 Å². The molecule has 0 unspecified atom stereocenters. The van der Waals surface area contributed by atoms with Crippen LogP contribution in [0.25, 0.3) is 21.2 Å². The van der Waals surface area contributed by atoms with Crippen molar-refractivity contribution in [2.24, 2.45) is 12.0 Å². The lowest BCUT2D eigenvalue weighted by Crippen LogP contribution is -2.32. The van der Waals surface area contributed by atoms with Crippen LogP contribution >= 0.6 is 35.2 Å². The van der Waals surface area contributed by atoms with Crippen LogP contribution < -0.4 is 15.7 Å². The number of carbonyl (C=O) groups excluding carboxylic acids is 1. The monoisotopic (exact) mass is 429 g/mol. The van der Waals surface area contributed by atoms with Crippen molar-refractivity contribution in [2.75, 3.05) is 0 Å². The molecule has 6 nitrogen and oxygen atoms in total. The molecule has 9 heteroatoms. The first-order chi connectivity index (χ1) is 13.4. The third-order valence-electron chi connectivity index (χ3n) is 4.08. The van der Waals surface area contributed by atoms with E-state index < -0.39 is 11.5 Å². The van der Waals surface area contributed by atoms with Gasteiger partial charge in [0.1, 0.15) is 11.1 Å². The van der Waals surface area contributed by atoms with Crippen LogP contribution in [0.2, 0.25) is 5.02 Å². The maximum Gasteiger partial charge on any atom is 0.349 e. The molecule has 0 saturated heterocycles. The Morgan fingerprint density at radius 1 is 1.25 bits per heavy atom. The molecule has 0 aliphatic carbocycles. The van der Waals surface area contributed by atoms with E-state index in [1.807, 2.05) is 23.7 Å². The zero-order valence-electron chi connectivity index (χ0n) is 14.4. The zero-order valence-corrected chi connectivity index (χ0v) is 16.8. The molecule has 0 aliphatic heterocycles. The summed E-state index contributed by atoms with van der Waals surface area (Å²) in [6.45, 7) is 0. The van der Waals surface area contributed by atoms with Crippen LogP contribution in [0.4, 0.5) is 0 Å². The van der Waals surface area contributed by atoms with E-state index in [1.165, 1.54) is 17.4 Å². The van der Waals surface area contributed by atoms with Crippen LogP contribution in [-0.4, -0.2) is 15.6 Å². The van der Waals surface area contributed by atoms with E-state index in [4.69, 9.17) is 28.2 Å². The van der Waals surface area contributed by atoms with Crippen molar-refractivity contribution < 1.29 is 9.21 Å². The molecule has 0 atom stereocenters. The number of aryl methyl sites for hydroxylation is 1. The van der Waals surface area contributed by atoms with Crippen LogP contribution in [0.3, 0.4) is 0 Å². The highest BCUT2D eigenvalue weighted by Gasteiger charge is 2.15. The molecule has 140 valence electrons. The Morgan fingerprint density at radius 3 is 2.86 bits per heavy atom. The molecular formula is C19H12ClN3O3S2. The van der Waals surface area contributed by atoms with Gasteiger partial charge in [-0.05, 0) is 42.5 Å². The van der Waals surface area contributed by atoms with Crippen LogP contribution in [-0.2, 0) is 7.05 Å². The fraction of sp³-hybridized carbons (Fsp3) is 0.0526. The quantitative estimate of drug-likeness (QED) is 0.370. The van der Waals surface area contributed by atoms with Gasteiger partial charge in [-0.25, -0.2) is 4.79 Å². The Kier molecular flexibility index (Phi) is 4.84. The number of nitrogens with one attached hydrogen (secondary N) is 1. The molecule has 2 aromatic heterocycles. The van der Waals surface area contributed by atoms with Crippen molar-refractivity contribution in [3.63, 3.8) is 0 Å². The highest BCUT2D eigenvalue weighted by Crippen LogP contribution is 2.21. The summed E-state index contributed by atoms with van der Waals surface area (Å²) >= 11 is 12.6. The number of aromatic nitrogens is 1. The van der Waals surface area contributed by atoms with Gasteiger partial charge in [-0.3, -0.25) is 10.1 Å². The minimum atomic E-state index is -0.735. The number of para-hydroxylation sites is 1. The molecule has 1 N–H and O–H groups in total. The summed E-state index contributed by atoms with van der Waals surface area (Å²) in [4.78, 5) is 29.5. The van der Waals surface area contributed by atoms with Gasteiger partial charge in [0, 0.05) is 17.5 Å². The Morgan fingerprint density at radius 2 is 2.04 bits per heavy atom. The maximum atomic E-state index is 12.5. The Hall–Kier alpha value is -2.81. The first-order valence-electron chi connectivity index (χ1n) is 8.10. The number of amides is 1. The lowest BCUT2D eigenvalue weighted by molar-refractivity contribution is 0.0974. The zero-order chi connectivity index (χ0) is 19.8. The summed E-state index contributed by atoms with van der Waals surface area (Å²) in [5.41, 5.74) is 0.481. The largest absolute Gasteiger partial charge is 0.422 e. The Bertz CT molecular complexity index is 1380. The second-order valence-electron chi connectivity index (χ2n) is 5.91.